The molecule has 1 aliphatic carbocycles. The SMILES string of the molecule is CCC1CCC2(CC(=O)NC2CC)C1. The van der Waals surface area contributed by atoms with Gasteiger partial charge in [0.15, 0.2) is 0 Å². The molecule has 1 aliphatic heterocycles. The lowest BCUT2D eigenvalue weighted by Gasteiger charge is -2.29. The summed E-state index contributed by atoms with van der Waals surface area (Å²) in [6.07, 6.45) is 7.06. The second-order valence-electron chi connectivity index (χ2n) is 5.08. The third-order valence-electron chi connectivity index (χ3n) is 4.32. The minimum atomic E-state index is 0.286. The van der Waals surface area contributed by atoms with Crippen LogP contribution in [0.25, 0.3) is 0 Å². The van der Waals surface area contributed by atoms with Crippen molar-refractivity contribution in [3.8, 4) is 0 Å². The number of carbonyl (C=O) groups is 1. The predicted octanol–water partition coefficient (Wildman–Crippen LogP) is 2.48. The van der Waals surface area contributed by atoms with E-state index in [1.807, 2.05) is 0 Å². The molecule has 1 N–H and O–H groups in total. The molecular formula is C12H21NO. The molecule has 2 nitrogen and oxygen atoms in total. The summed E-state index contributed by atoms with van der Waals surface area (Å²) in [7, 11) is 0. The van der Waals surface area contributed by atoms with E-state index in [0.717, 1.165) is 18.8 Å². The average molecular weight is 195 g/mol. The van der Waals surface area contributed by atoms with Gasteiger partial charge in [-0.1, -0.05) is 20.3 Å². The first kappa shape index (κ1) is 10.0. The lowest BCUT2D eigenvalue weighted by molar-refractivity contribution is -0.119. The standard InChI is InChI=1S/C12H21NO/c1-3-9-5-6-12(7-9)8-11(14)13-10(12)4-2/h9-10H,3-8H2,1-2H3,(H,13,14). The Labute approximate surface area is 86.5 Å². The van der Waals surface area contributed by atoms with Crippen molar-refractivity contribution >= 4 is 5.91 Å². The summed E-state index contributed by atoms with van der Waals surface area (Å²) in [6.45, 7) is 4.46. The lowest BCUT2D eigenvalue weighted by atomic mass is 9.77. The summed E-state index contributed by atoms with van der Waals surface area (Å²) >= 11 is 0. The molecule has 3 atom stereocenters. The van der Waals surface area contributed by atoms with Crippen LogP contribution in [0.1, 0.15) is 52.4 Å². The zero-order valence-corrected chi connectivity index (χ0v) is 9.31. The van der Waals surface area contributed by atoms with Crippen molar-refractivity contribution in [2.45, 2.75) is 58.4 Å². The van der Waals surface area contributed by atoms with Gasteiger partial charge in [-0.25, -0.2) is 0 Å². The maximum Gasteiger partial charge on any atom is 0.220 e. The fraction of sp³-hybridized carbons (Fsp3) is 0.917. The van der Waals surface area contributed by atoms with Crippen molar-refractivity contribution in [1.82, 2.24) is 5.32 Å². The van der Waals surface area contributed by atoms with Gasteiger partial charge in [0, 0.05) is 12.5 Å². The Bertz CT molecular complexity index is 238. The molecule has 2 rings (SSSR count). The van der Waals surface area contributed by atoms with Gasteiger partial charge < -0.3 is 5.32 Å². The summed E-state index contributed by atoms with van der Waals surface area (Å²) in [5, 5.41) is 3.14. The van der Waals surface area contributed by atoms with Gasteiger partial charge >= 0.3 is 0 Å². The molecule has 1 saturated heterocycles. The van der Waals surface area contributed by atoms with E-state index in [9.17, 15) is 4.79 Å². The smallest absolute Gasteiger partial charge is 0.220 e. The van der Waals surface area contributed by atoms with Crippen LogP contribution in [0.2, 0.25) is 0 Å². The molecule has 80 valence electrons. The summed E-state index contributed by atoms with van der Waals surface area (Å²) in [5.74, 6) is 1.16. The van der Waals surface area contributed by atoms with Crippen LogP contribution in [0, 0.1) is 11.3 Å². The monoisotopic (exact) mass is 195 g/mol. The Balaban J connectivity index is 2.11. The van der Waals surface area contributed by atoms with E-state index < -0.39 is 0 Å². The second-order valence-corrected chi connectivity index (χ2v) is 5.08. The van der Waals surface area contributed by atoms with Crippen LogP contribution in [-0.2, 0) is 4.79 Å². The van der Waals surface area contributed by atoms with Crippen LogP contribution in [0.4, 0.5) is 0 Å². The summed E-state index contributed by atoms with van der Waals surface area (Å²) in [4.78, 5) is 11.5. The molecule has 3 unspecified atom stereocenters. The minimum absolute atomic E-state index is 0.286. The maximum atomic E-state index is 11.5. The van der Waals surface area contributed by atoms with E-state index in [1.165, 1.54) is 25.7 Å². The highest BCUT2D eigenvalue weighted by molar-refractivity contribution is 5.80. The molecule has 0 aromatic heterocycles. The minimum Gasteiger partial charge on any atom is -0.353 e. The van der Waals surface area contributed by atoms with Gasteiger partial charge in [0.25, 0.3) is 0 Å². The van der Waals surface area contributed by atoms with Crippen LogP contribution in [0.5, 0.6) is 0 Å². The van der Waals surface area contributed by atoms with Gasteiger partial charge in [-0.05, 0) is 37.0 Å². The zero-order chi connectivity index (χ0) is 10.2. The Morgan fingerprint density at radius 3 is 2.79 bits per heavy atom. The van der Waals surface area contributed by atoms with Crippen LogP contribution < -0.4 is 5.32 Å². The topological polar surface area (TPSA) is 29.1 Å². The number of nitrogens with one attached hydrogen (secondary N) is 1. The van der Waals surface area contributed by atoms with Gasteiger partial charge in [0.2, 0.25) is 5.91 Å². The number of hydrogen-bond donors (Lipinski definition) is 1. The van der Waals surface area contributed by atoms with Gasteiger partial charge in [-0.2, -0.15) is 0 Å². The molecular weight excluding hydrogens is 174 g/mol. The van der Waals surface area contributed by atoms with E-state index in [0.29, 0.717) is 11.5 Å². The van der Waals surface area contributed by atoms with Crippen LogP contribution >= 0.6 is 0 Å². The first-order valence-electron chi connectivity index (χ1n) is 5.99. The molecule has 0 aromatic rings. The molecule has 14 heavy (non-hydrogen) atoms. The van der Waals surface area contributed by atoms with Gasteiger partial charge in [0.05, 0.1) is 0 Å². The quantitative estimate of drug-likeness (QED) is 0.720. The molecule has 1 heterocycles. The van der Waals surface area contributed by atoms with Crippen molar-refractivity contribution in [2.75, 3.05) is 0 Å². The summed E-state index contributed by atoms with van der Waals surface area (Å²) < 4.78 is 0. The molecule has 1 spiro atoms. The molecule has 2 fully saturated rings. The zero-order valence-electron chi connectivity index (χ0n) is 9.31. The Hall–Kier alpha value is -0.530. The van der Waals surface area contributed by atoms with Gasteiger partial charge in [-0.3, -0.25) is 4.79 Å². The molecule has 1 amide bonds. The third kappa shape index (κ3) is 1.45. The van der Waals surface area contributed by atoms with E-state index in [4.69, 9.17) is 0 Å². The van der Waals surface area contributed by atoms with Crippen molar-refractivity contribution in [3.63, 3.8) is 0 Å². The van der Waals surface area contributed by atoms with Crippen molar-refractivity contribution in [3.05, 3.63) is 0 Å². The number of carbonyl (C=O) groups excluding carboxylic acids is 1. The summed E-state index contributed by atoms with van der Waals surface area (Å²) in [6, 6.07) is 0.464. The van der Waals surface area contributed by atoms with Crippen molar-refractivity contribution < 1.29 is 4.79 Å². The summed E-state index contributed by atoms with van der Waals surface area (Å²) in [5.41, 5.74) is 0.340. The highest BCUT2D eigenvalue weighted by Crippen LogP contribution is 2.51. The maximum absolute atomic E-state index is 11.5. The van der Waals surface area contributed by atoms with E-state index in [-0.39, 0.29) is 5.91 Å². The van der Waals surface area contributed by atoms with Crippen molar-refractivity contribution in [1.29, 1.82) is 0 Å². The third-order valence-corrected chi connectivity index (χ3v) is 4.32. The molecule has 2 heteroatoms. The van der Waals surface area contributed by atoms with Crippen LogP contribution in [-0.4, -0.2) is 11.9 Å². The molecule has 0 aromatic carbocycles. The Morgan fingerprint density at radius 2 is 2.21 bits per heavy atom. The average Bonchev–Trinajstić information content (AvgIpc) is 2.71. The Morgan fingerprint density at radius 1 is 1.43 bits per heavy atom. The highest BCUT2D eigenvalue weighted by Gasteiger charge is 2.49. The molecule has 0 radical (unpaired) electrons. The normalized spacial score (nSPS) is 42.0. The highest BCUT2D eigenvalue weighted by atomic mass is 16.2. The van der Waals surface area contributed by atoms with Gasteiger partial charge in [0.1, 0.15) is 0 Å². The Kier molecular flexibility index (Phi) is 2.54. The fourth-order valence-corrected chi connectivity index (χ4v) is 3.47. The van der Waals surface area contributed by atoms with Crippen molar-refractivity contribution in [2.24, 2.45) is 11.3 Å². The second kappa shape index (κ2) is 3.56. The van der Waals surface area contributed by atoms with Crippen LogP contribution in [0.15, 0.2) is 0 Å². The fourth-order valence-electron chi connectivity index (χ4n) is 3.47. The van der Waals surface area contributed by atoms with E-state index in [1.54, 1.807) is 0 Å². The first-order chi connectivity index (χ1) is 6.70. The van der Waals surface area contributed by atoms with Crippen LogP contribution in [0.3, 0.4) is 0 Å². The lowest BCUT2D eigenvalue weighted by Crippen LogP contribution is -2.34. The molecule has 0 bridgehead atoms. The van der Waals surface area contributed by atoms with E-state index >= 15 is 0 Å². The van der Waals surface area contributed by atoms with E-state index in [2.05, 4.69) is 19.2 Å². The molecule has 1 saturated carbocycles. The number of amides is 1. The molecule has 2 aliphatic rings. The number of hydrogen-bond acceptors (Lipinski definition) is 1. The van der Waals surface area contributed by atoms with Gasteiger partial charge in [-0.15, -0.1) is 0 Å². The first-order valence-corrected chi connectivity index (χ1v) is 5.99. The largest absolute Gasteiger partial charge is 0.353 e. The predicted molar refractivity (Wildman–Crippen MR) is 56.9 cm³/mol. The number of rotatable bonds is 2.